The minimum absolute atomic E-state index is 0.201. The maximum absolute atomic E-state index is 9.80. The van der Waals surface area contributed by atoms with E-state index >= 15 is 0 Å². The van der Waals surface area contributed by atoms with Crippen LogP contribution in [0.1, 0.15) is 42.4 Å². The molecule has 0 saturated heterocycles. The van der Waals surface area contributed by atoms with Gasteiger partial charge in [0.25, 0.3) is 0 Å². The molecule has 0 aromatic heterocycles. The highest BCUT2D eigenvalue weighted by molar-refractivity contribution is 6.32. The Morgan fingerprint density at radius 2 is 2.05 bits per heavy atom. The van der Waals surface area contributed by atoms with E-state index in [1.54, 1.807) is 7.11 Å². The molecule has 108 valence electrons. The second-order valence-electron chi connectivity index (χ2n) is 4.98. The van der Waals surface area contributed by atoms with Crippen LogP contribution in [0.5, 0.6) is 5.75 Å². The summed E-state index contributed by atoms with van der Waals surface area (Å²) in [6.45, 7) is 6.35. The van der Waals surface area contributed by atoms with Crippen molar-refractivity contribution in [1.82, 2.24) is 0 Å². The zero-order chi connectivity index (χ0) is 14.6. The summed E-state index contributed by atoms with van der Waals surface area (Å²) in [5.41, 5.74) is 8.64. The number of hydrogen-bond acceptors (Lipinski definition) is 3. The SMILES string of the molecule is CCC(CC(O)CN)c1c(OC)cc(C)c(Cl)c1C. The highest BCUT2D eigenvalue weighted by Crippen LogP contribution is 2.39. The van der Waals surface area contributed by atoms with Crippen LogP contribution in [0.25, 0.3) is 0 Å². The third kappa shape index (κ3) is 3.62. The fourth-order valence-electron chi connectivity index (χ4n) is 2.53. The van der Waals surface area contributed by atoms with E-state index in [0.717, 1.165) is 33.9 Å². The fourth-order valence-corrected chi connectivity index (χ4v) is 2.68. The van der Waals surface area contributed by atoms with Crippen LogP contribution in [0.2, 0.25) is 5.02 Å². The number of aliphatic hydroxyl groups excluding tert-OH is 1. The standard InChI is InChI=1S/C15H24ClNO2/c1-5-11(7-12(18)8-17)14-10(3)15(16)9(2)6-13(14)19-4/h6,11-12,18H,5,7-8,17H2,1-4H3. The molecule has 3 N–H and O–H groups in total. The number of aliphatic hydroxyl groups is 1. The van der Waals surface area contributed by atoms with Gasteiger partial charge < -0.3 is 15.6 Å². The second-order valence-corrected chi connectivity index (χ2v) is 5.36. The quantitative estimate of drug-likeness (QED) is 0.844. The third-order valence-electron chi connectivity index (χ3n) is 3.64. The first-order chi connectivity index (χ1) is 8.96. The summed E-state index contributed by atoms with van der Waals surface area (Å²) < 4.78 is 5.49. The first-order valence-electron chi connectivity index (χ1n) is 6.67. The molecule has 0 fully saturated rings. The lowest BCUT2D eigenvalue weighted by molar-refractivity contribution is 0.161. The molecule has 0 spiro atoms. The Bertz CT molecular complexity index is 435. The van der Waals surface area contributed by atoms with Crippen molar-refractivity contribution in [3.05, 3.63) is 27.8 Å². The molecule has 2 unspecified atom stereocenters. The monoisotopic (exact) mass is 285 g/mol. The fraction of sp³-hybridized carbons (Fsp3) is 0.600. The Morgan fingerprint density at radius 1 is 1.42 bits per heavy atom. The molecule has 1 aromatic carbocycles. The normalized spacial score (nSPS) is 14.3. The number of aryl methyl sites for hydroxylation is 1. The molecule has 2 atom stereocenters. The van der Waals surface area contributed by atoms with Crippen LogP contribution >= 0.6 is 11.6 Å². The van der Waals surface area contributed by atoms with Gasteiger partial charge in [-0.1, -0.05) is 18.5 Å². The number of hydrogen-bond donors (Lipinski definition) is 2. The minimum atomic E-state index is -0.492. The Kier molecular flexibility index (Phi) is 6.11. The zero-order valence-electron chi connectivity index (χ0n) is 12.2. The van der Waals surface area contributed by atoms with Gasteiger partial charge in [0.05, 0.1) is 13.2 Å². The van der Waals surface area contributed by atoms with Crippen LogP contribution in [-0.2, 0) is 0 Å². The van der Waals surface area contributed by atoms with Crippen LogP contribution < -0.4 is 10.5 Å². The van der Waals surface area contributed by atoms with Gasteiger partial charge in [-0.2, -0.15) is 0 Å². The Morgan fingerprint density at radius 3 is 2.53 bits per heavy atom. The number of benzene rings is 1. The predicted molar refractivity (Wildman–Crippen MR) is 80.2 cm³/mol. The van der Waals surface area contributed by atoms with Gasteiger partial charge in [0.15, 0.2) is 0 Å². The summed E-state index contributed by atoms with van der Waals surface area (Å²) >= 11 is 6.34. The summed E-state index contributed by atoms with van der Waals surface area (Å²) in [5.74, 6) is 1.04. The maximum Gasteiger partial charge on any atom is 0.122 e. The largest absolute Gasteiger partial charge is 0.496 e. The molecular weight excluding hydrogens is 262 g/mol. The van der Waals surface area contributed by atoms with E-state index in [4.69, 9.17) is 22.1 Å². The lowest BCUT2D eigenvalue weighted by atomic mass is 9.86. The van der Waals surface area contributed by atoms with E-state index in [1.165, 1.54) is 0 Å². The molecule has 0 heterocycles. The van der Waals surface area contributed by atoms with Crippen LogP contribution in [0.4, 0.5) is 0 Å². The number of methoxy groups -OCH3 is 1. The van der Waals surface area contributed by atoms with Crippen molar-refractivity contribution in [2.45, 2.75) is 45.6 Å². The van der Waals surface area contributed by atoms with Crippen molar-refractivity contribution >= 4 is 11.6 Å². The number of ether oxygens (including phenoxy) is 1. The van der Waals surface area contributed by atoms with E-state index < -0.39 is 6.10 Å². The average molecular weight is 286 g/mol. The van der Waals surface area contributed by atoms with Crippen LogP contribution in [-0.4, -0.2) is 24.9 Å². The van der Waals surface area contributed by atoms with Crippen LogP contribution in [0, 0.1) is 13.8 Å². The molecule has 19 heavy (non-hydrogen) atoms. The van der Waals surface area contributed by atoms with Crippen LogP contribution in [0.15, 0.2) is 6.07 Å². The second kappa shape index (κ2) is 7.13. The van der Waals surface area contributed by atoms with Gasteiger partial charge in [-0.25, -0.2) is 0 Å². The highest BCUT2D eigenvalue weighted by Gasteiger charge is 2.22. The lowest BCUT2D eigenvalue weighted by Gasteiger charge is -2.24. The molecule has 0 aliphatic heterocycles. The Balaban J connectivity index is 3.25. The van der Waals surface area contributed by atoms with Crippen molar-refractivity contribution in [1.29, 1.82) is 0 Å². The Labute approximate surface area is 120 Å². The van der Waals surface area contributed by atoms with Crippen molar-refractivity contribution in [3.8, 4) is 5.75 Å². The molecular formula is C15H24ClNO2. The average Bonchev–Trinajstić information content (AvgIpc) is 2.42. The summed E-state index contributed by atoms with van der Waals surface area (Å²) in [5, 5.41) is 10.6. The molecule has 1 aromatic rings. The number of halogens is 1. The first kappa shape index (κ1) is 16.3. The van der Waals surface area contributed by atoms with Gasteiger partial charge in [0, 0.05) is 17.1 Å². The molecule has 0 aliphatic rings. The molecule has 0 saturated carbocycles. The molecule has 0 aliphatic carbocycles. The van der Waals surface area contributed by atoms with Gasteiger partial charge in [0.2, 0.25) is 0 Å². The van der Waals surface area contributed by atoms with E-state index in [0.29, 0.717) is 6.42 Å². The maximum atomic E-state index is 9.80. The zero-order valence-corrected chi connectivity index (χ0v) is 12.9. The summed E-state index contributed by atoms with van der Waals surface area (Å²) in [4.78, 5) is 0. The van der Waals surface area contributed by atoms with Gasteiger partial charge >= 0.3 is 0 Å². The smallest absolute Gasteiger partial charge is 0.122 e. The number of nitrogens with two attached hydrogens (primary N) is 1. The van der Waals surface area contributed by atoms with Gasteiger partial charge in [-0.3, -0.25) is 0 Å². The topological polar surface area (TPSA) is 55.5 Å². The van der Waals surface area contributed by atoms with Crippen molar-refractivity contribution in [2.75, 3.05) is 13.7 Å². The van der Waals surface area contributed by atoms with Gasteiger partial charge in [0.1, 0.15) is 5.75 Å². The molecule has 0 bridgehead atoms. The molecule has 0 amide bonds. The van der Waals surface area contributed by atoms with E-state index in [2.05, 4.69) is 6.92 Å². The summed E-state index contributed by atoms with van der Waals surface area (Å²) in [6.07, 6.45) is 1.05. The summed E-state index contributed by atoms with van der Waals surface area (Å²) in [7, 11) is 1.66. The lowest BCUT2D eigenvalue weighted by Crippen LogP contribution is -2.22. The summed E-state index contributed by atoms with van der Waals surface area (Å²) in [6, 6.07) is 1.96. The number of rotatable bonds is 6. The third-order valence-corrected chi connectivity index (χ3v) is 4.22. The van der Waals surface area contributed by atoms with Gasteiger partial charge in [-0.05, 0) is 49.8 Å². The molecule has 0 radical (unpaired) electrons. The van der Waals surface area contributed by atoms with Crippen LogP contribution in [0.3, 0.4) is 0 Å². The van der Waals surface area contributed by atoms with Crippen molar-refractivity contribution in [2.24, 2.45) is 5.73 Å². The van der Waals surface area contributed by atoms with E-state index in [1.807, 2.05) is 19.9 Å². The molecule has 3 nitrogen and oxygen atoms in total. The van der Waals surface area contributed by atoms with Crippen molar-refractivity contribution < 1.29 is 9.84 Å². The van der Waals surface area contributed by atoms with Gasteiger partial charge in [-0.15, -0.1) is 0 Å². The first-order valence-corrected chi connectivity index (χ1v) is 7.05. The molecule has 1 rings (SSSR count). The predicted octanol–water partition coefficient (Wildman–Crippen LogP) is 3.17. The molecule has 4 heteroatoms. The highest BCUT2D eigenvalue weighted by atomic mass is 35.5. The van der Waals surface area contributed by atoms with E-state index in [-0.39, 0.29) is 12.5 Å². The minimum Gasteiger partial charge on any atom is -0.496 e. The van der Waals surface area contributed by atoms with Crippen molar-refractivity contribution in [3.63, 3.8) is 0 Å². The Hall–Kier alpha value is -0.770. The van der Waals surface area contributed by atoms with E-state index in [9.17, 15) is 5.11 Å².